The summed E-state index contributed by atoms with van der Waals surface area (Å²) in [6, 6.07) is 0. The average Bonchev–Trinajstić information content (AvgIpc) is 2.34. The zero-order valence-corrected chi connectivity index (χ0v) is 5.86. The summed E-state index contributed by atoms with van der Waals surface area (Å²) in [4.78, 5) is 3.93. The molecule has 0 aromatic carbocycles. The molecule has 1 unspecified atom stereocenters. The highest BCUT2D eigenvalue weighted by Gasteiger charge is 2.05. The summed E-state index contributed by atoms with van der Waals surface area (Å²) in [6.45, 7) is 3.45. The Labute approximate surface area is 59.6 Å². The van der Waals surface area contributed by atoms with Crippen LogP contribution in [0.25, 0.3) is 0 Å². The van der Waals surface area contributed by atoms with Gasteiger partial charge in [-0.25, -0.2) is 4.98 Å². The number of aliphatic hydroxyl groups is 1. The van der Waals surface area contributed by atoms with Gasteiger partial charge in [0.2, 0.25) is 0 Å². The highest BCUT2D eigenvalue weighted by molar-refractivity contribution is 5.01. The topological polar surface area (TPSA) is 38.1 Å². The molecule has 0 spiro atoms. The van der Waals surface area contributed by atoms with E-state index >= 15 is 0 Å². The highest BCUT2D eigenvalue weighted by Crippen LogP contribution is 2.08. The van der Waals surface area contributed by atoms with Crippen LogP contribution in [0.2, 0.25) is 0 Å². The van der Waals surface area contributed by atoms with Gasteiger partial charge in [-0.3, -0.25) is 0 Å². The highest BCUT2D eigenvalue weighted by atomic mass is 16.3. The van der Waals surface area contributed by atoms with Crippen LogP contribution in [-0.2, 0) is 7.05 Å². The van der Waals surface area contributed by atoms with Crippen molar-refractivity contribution in [1.29, 1.82) is 0 Å². The third-order valence-corrected chi connectivity index (χ3v) is 1.35. The number of nitrogens with zero attached hydrogens (tertiary/aromatic N) is 2. The minimum absolute atomic E-state index is 0.620. The van der Waals surface area contributed by atoms with Crippen LogP contribution in [0.3, 0.4) is 0 Å². The molecular formula is C7H10N2O. The molecule has 1 heterocycles. The third kappa shape index (κ3) is 1.09. The number of aryl methyl sites for hydroxylation is 1. The fourth-order valence-corrected chi connectivity index (χ4v) is 0.768. The first-order chi connectivity index (χ1) is 4.75. The first-order valence-corrected chi connectivity index (χ1v) is 3.03. The molecule has 1 aromatic rings. The maximum Gasteiger partial charge on any atom is 0.141 e. The van der Waals surface area contributed by atoms with E-state index in [-0.39, 0.29) is 0 Å². The van der Waals surface area contributed by atoms with Gasteiger partial charge in [0, 0.05) is 19.4 Å². The van der Waals surface area contributed by atoms with E-state index in [9.17, 15) is 5.11 Å². The van der Waals surface area contributed by atoms with Crippen molar-refractivity contribution in [2.75, 3.05) is 0 Å². The van der Waals surface area contributed by atoms with Crippen LogP contribution in [0.4, 0.5) is 0 Å². The lowest BCUT2D eigenvalue weighted by Gasteiger charge is -2.03. The monoisotopic (exact) mass is 138 g/mol. The zero-order valence-electron chi connectivity index (χ0n) is 5.86. The molecule has 1 rings (SSSR count). The normalized spacial score (nSPS) is 13.0. The van der Waals surface area contributed by atoms with E-state index in [4.69, 9.17) is 0 Å². The molecule has 0 bridgehead atoms. The summed E-state index contributed by atoms with van der Waals surface area (Å²) in [5.74, 6) is 0.620. The minimum Gasteiger partial charge on any atom is -0.381 e. The van der Waals surface area contributed by atoms with E-state index in [0.717, 1.165) is 0 Å². The molecule has 0 saturated carbocycles. The minimum atomic E-state index is -0.653. The maximum atomic E-state index is 9.20. The van der Waals surface area contributed by atoms with Crippen LogP contribution in [0.15, 0.2) is 25.0 Å². The fraction of sp³-hybridized carbons (Fsp3) is 0.286. The van der Waals surface area contributed by atoms with Crippen LogP contribution in [0, 0.1) is 0 Å². The fourth-order valence-electron chi connectivity index (χ4n) is 0.768. The summed E-state index contributed by atoms with van der Waals surface area (Å²) < 4.78 is 1.76. The van der Waals surface area contributed by atoms with Gasteiger partial charge in [0.05, 0.1) is 0 Å². The van der Waals surface area contributed by atoms with Gasteiger partial charge in [0.15, 0.2) is 0 Å². The second-order valence-corrected chi connectivity index (χ2v) is 2.08. The number of rotatable bonds is 2. The largest absolute Gasteiger partial charge is 0.381 e. The SMILES string of the molecule is C=CC(O)c1nccn1C. The molecule has 0 fully saturated rings. The van der Waals surface area contributed by atoms with E-state index in [0.29, 0.717) is 5.82 Å². The summed E-state index contributed by atoms with van der Waals surface area (Å²) in [6.07, 6.45) is 4.21. The van der Waals surface area contributed by atoms with Gasteiger partial charge in [-0.2, -0.15) is 0 Å². The molecular weight excluding hydrogens is 128 g/mol. The summed E-state index contributed by atoms with van der Waals surface area (Å²) >= 11 is 0. The molecule has 3 nitrogen and oxygen atoms in total. The molecule has 3 heteroatoms. The number of hydrogen-bond acceptors (Lipinski definition) is 2. The molecule has 1 atom stereocenters. The van der Waals surface area contributed by atoms with Gasteiger partial charge in [0.1, 0.15) is 11.9 Å². The Kier molecular flexibility index (Phi) is 1.87. The van der Waals surface area contributed by atoms with Crippen molar-refractivity contribution in [3.63, 3.8) is 0 Å². The molecule has 1 N–H and O–H groups in total. The van der Waals surface area contributed by atoms with Crippen molar-refractivity contribution in [3.8, 4) is 0 Å². The molecule has 0 aliphatic heterocycles. The predicted molar refractivity (Wildman–Crippen MR) is 38.4 cm³/mol. The van der Waals surface area contributed by atoms with Crippen molar-refractivity contribution in [2.45, 2.75) is 6.10 Å². The van der Waals surface area contributed by atoms with Crippen LogP contribution >= 0.6 is 0 Å². The number of aromatic nitrogens is 2. The predicted octanol–water partition coefficient (Wildman–Crippen LogP) is 0.639. The van der Waals surface area contributed by atoms with E-state index in [1.165, 1.54) is 6.08 Å². The lowest BCUT2D eigenvalue weighted by atomic mass is 10.3. The number of imidazole rings is 1. The quantitative estimate of drug-likeness (QED) is 0.609. The van der Waals surface area contributed by atoms with Gasteiger partial charge in [-0.15, -0.1) is 6.58 Å². The van der Waals surface area contributed by atoms with Crippen LogP contribution in [-0.4, -0.2) is 14.7 Å². The van der Waals surface area contributed by atoms with Crippen LogP contribution < -0.4 is 0 Å². The molecule has 54 valence electrons. The molecule has 0 saturated heterocycles. The Morgan fingerprint density at radius 1 is 1.90 bits per heavy atom. The molecule has 1 aromatic heterocycles. The Balaban J connectivity index is 2.92. The van der Waals surface area contributed by atoms with Gasteiger partial charge in [0.25, 0.3) is 0 Å². The average molecular weight is 138 g/mol. The van der Waals surface area contributed by atoms with E-state index in [1.54, 1.807) is 17.0 Å². The molecule has 0 aliphatic rings. The van der Waals surface area contributed by atoms with Gasteiger partial charge >= 0.3 is 0 Å². The van der Waals surface area contributed by atoms with E-state index in [1.807, 2.05) is 7.05 Å². The second kappa shape index (κ2) is 2.66. The lowest BCUT2D eigenvalue weighted by Crippen LogP contribution is -2.01. The zero-order chi connectivity index (χ0) is 7.56. The maximum absolute atomic E-state index is 9.20. The number of hydrogen-bond donors (Lipinski definition) is 1. The van der Waals surface area contributed by atoms with Crippen LogP contribution in [0.5, 0.6) is 0 Å². The third-order valence-electron chi connectivity index (χ3n) is 1.35. The standard InChI is InChI=1S/C7H10N2O/c1-3-6(10)7-8-4-5-9(7)2/h3-6,10H,1H2,2H3. The first-order valence-electron chi connectivity index (χ1n) is 3.03. The Hall–Kier alpha value is -1.09. The molecule has 0 aliphatic carbocycles. The van der Waals surface area contributed by atoms with Crippen molar-refractivity contribution in [2.24, 2.45) is 7.05 Å². The van der Waals surface area contributed by atoms with Crippen molar-refractivity contribution < 1.29 is 5.11 Å². The summed E-state index contributed by atoms with van der Waals surface area (Å²) in [5.41, 5.74) is 0. The van der Waals surface area contributed by atoms with Gasteiger partial charge in [-0.05, 0) is 0 Å². The van der Waals surface area contributed by atoms with E-state index in [2.05, 4.69) is 11.6 Å². The Morgan fingerprint density at radius 2 is 2.60 bits per heavy atom. The Bertz CT molecular complexity index is 229. The smallest absolute Gasteiger partial charge is 0.141 e. The van der Waals surface area contributed by atoms with E-state index < -0.39 is 6.10 Å². The van der Waals surface area contributed by atoms with Gasteiger partial charge < -0.3 is 9.67 Å². The number of aliphatic hydroxyl groups excluding tert-OH is 1. The Morgan fingerprint density at radius 3 is 3.00 bits per heavy atom. The van der Waals surface area contributed by atoms with Crippen molar-refractivity contribution in [1.82, 2.24) is 9.55 Å². The van der Waals surface area contributed by atoms with Gasteiger partial charge in [-0.1, -0.05) is 6.08 Å². The van der Waals surface area contributed by atoms with Crippen LogP contribution in [0.1, 0.15) is 11.9 Å². The first kappa shape index (κ1) is 7.02. The lowest BCUT2D eigenvalue weighted by molar-refractivity contribution is 0.215. The second-order valence-electron chi connectivity index (χ2n) is 2.08. The van der Waals surface area contributed by atoms with Crippen molar-refractivity contribution >= 4 is 0 Å². The summed E-state index contributed by atoms with van der Waals surface area (Å²) in [5, 5.41) is 9.20. The van der Waals surface area contributed by atoms with Crippen molar-refractivity contribution in [3.05, 3.63) is 30.9 Å². The molecule has 10 heavy (non-hydrogen) atoms. The summed E-state index contributed by atoms with van der Waals surface area (Å²) in [7, 11) is 1.83. The molecule has 0 amide bonds. The molecule has 0 radical (unpaired) electrons.